The quantitative estimate of drug-likeness (QED) is 0.647. The van der Waals surface area contributed by atoms with Gasteiger partial charge in [-0.3, -0.25) is 14.4 Å². The van der Waals surface area contributed by atoms with Gasteiger partial charge >= 0.3 is 0 Å². The summed E-state index contributed by atoms with van der Waals surface area (Å²) in [5, 5.41) is 8.37. The summed E-state index contributed by atoms with van der Waals surface area (Å²) < 4.78 is 0. The van der Waals surface area contributed by atoms with Crippen molar-refractivity contribution in [3.8, 4) is 0 Å². The van der Waals surface area contributed by atoms with Crippen molar-refractivity contribution in [1.82, 2.24) is 16.0 Å². The van der Waals surface area contributed by atoms with Gasteiger partial charge in [-0.25, -0.2) is 0 Å². The number of benzene rings is 2. The maximum atomic E-state index is 12.3. The Bertz CT molecular complexity index is 808. The van der Waals surface area contributed by atoms with Crippen molar-refractivity contribution in [2.45, 2.75) is 37.8 Å². The average molecular weight is 379 g/mol. The highest BCUT2D eigenvalue weighted by Crippen LogP contribution is 2.09. The fourth-order valence-electron chi connectivity index (χ4n) is 3.23. The van der Waals surface area contributed by atoms with E-state index in [-0.39, 0.29) is 30.6 Å². The van der Waals surface area contributed by atoms with E-state index in [1.54, 1.807) is 0 Å². The first-order valence-corrected chi connectivity index (χ1v) is 9.57. The third kappa shape index (κ3) is 5.67. The molecule has 0 unspecified atom stereocenters. The molecule has 0 radical (unpaired) electrons. The molecule has 1 heterocycles. The summed E-state index contributed by atoms with van der Waals surface area (Å²) >= 11 is 0. The molecule has 2 aromatic carbocycles. The van der Waals surface area contributed by atoms with E-state index >= 15 is 0 Å². The minimum Gasteiger partial charge on any atom is -0.356 e. The third-order valence-corrected chi connectivity index (χ3v) is 4.79. The molecule has 0 aliphatic carbocycles. The molecule has 0 bridgehead atoms. The number of nitrogens with one attached hydrogen (secondary N) is 3. The fraction of sp³-hybridized carbons (Fsp3) is 0.318. The van der Waals surface area contributed by atoms with Gasteiger partial charge in [0.25, 0.3) is 0 Å². The Morgan fingerprint density at radius 3 is 2.07 bits per heavy atom. The number of amides is 3. The molecular formula is C22H25N3O3. The van der Waals surface area contributed by atoms with Crippen molar-refractivity contribution in [1.29, 1.82) is 0 Å². The SMILES string of the molecule is O=C(CC[C@H]1NC(=O)[C@@H](Cc2ccccc2)NC1=O)NCCc1ccccc1. The smallest absolute Gasteiger partial charge is 0.243 e. The number of rotatable bonds is 8. The number of hydrogen-bond acceptors (Lipinski definition) is 3. The summed E-state index contributed by atoms with van der Waals surface area (Å²) in [7, 11) is 0. The Kier molecular flexibility index (Phi) is 6.78. The maximum Gasteiger partial charge on any atom is 0.243 e. The van der Waals surface area contributed by atoms with Crippen LogP contribution in [0.3, 0.4) is 0 Å². The van der Waals surface area contributed by atoms with Crippen molar-refractivity contribution >= 4 is 17.7 Å². The monoisotopic (exact) mass is 379 g/mol. The Balaban J connectivity index is 1.39. The summed E-state index contributed by atoms with van der Waals surface area (Å²) in [5.74, 6) is -0.569. The van der Waals surface area contributed by atoms with Gasteiger partial charge in [-0.2, -0.15) is 0 Å². The molecule has 3 rings (SSSR count). The molecule has 1 saturated heterocycles. The molecule has 1 aliphatic heterocycles. The molecule has 3 amide bonds. The summed E-state index contributed by atoms with van der Waals surface area (Å²) in [6.07, 6.45) is 1.68. The Hall–Kier alpha value is -3.15. The molecule has 2 atom stereocenters. The first-order chi connectivity index (χ1) is 13.6. The molecule has 3 N–H and O–H groups in total. The van der Waals surface area contributed by atoms with Crippen molar-refractivity contribution < 1.29 is 14.4 Å². The normalized spacial score (nSPS) is 18.9. The van der Waals surface area contributed by atoms with Crippen molar-refractivity contribution in [2.75, 3.05) is 6.54 Å². The number of piperazine rings is 1. The van der Waals surface area contributed by atoms with Gasteiger partial charge in [0.1, 0.15) is 12.1 Å². The summed E-state index contributed by atoms with van der Waals surface area (Å²) in [6, 6.07) is 18.2. The molecule has 2 aromatic rings. The van der Waals surface area contributed by atoms with Crippen molar-refractivity contribution in [3.05, 3.63) is 71.8 Å². The molecule has 1 fully saturated rings. The number of carbonyl (C=O) groups excluding carboxylic acids is 3. The van der Waals surface area contributed by atoms with Crippen LogP contribution in [-0.4, -0.2) is 36.3 Å². The van der Waals surface area contributed by atoms with Crippen LogP contribution in [0.5, 0.6) is 0 Å². The van der Waals surface area contributed by atoms with Gasteiger partial charge in [0, 0.05) is 19.4 Å². The lowest BCUT2D eigenvalue weighted by atomic mass is 10.00. The molecule has 0 saturated carbocycles. The van der Waals surface area contributed by atoms with Crippen LogP contribution < -0.4 is 16.0 Å². The molecule has 0 spiro atoms. The summed E-state index contributed by atoms with van der Waals surface area (Å²) in [6.45, 7) is 0.547. The van der Waals surface area contributed by atoms with E-state index in [4.69, 9.17) is 0 Å². The van der Waals surface area contributed by atoms with Gasteiger partial charge in [-0.05, 0) is 24.0 Å². The van der Waals surface area contributed by atoms with Crippen molar-refractivity contribution in [2.24, 2.45) is 0 Å². The lowest BCUT2D eigenvalue weighted by Gasteiger charge is -2.29. The van der Waals surface area contributed by atoms with Crippen LogP contribution in [-0.2, 0) is 27.2 Å². The first kappa shape index (κ1) is 19.6. The van der Waals surface area contributed by atoms with Crippen LogP contribution in [0.25, 0.3) is 0 Å². The molecule has 28 heavy (non-hydrogen) atoms. The van der Waals surface area contributed by atoms with Gasteiger partial charge in [0.15, 0.2) is 0 Å². The maximum absolute atomic E-state index is 12.3. The van der Waals surface area contributed by atoms with Crippen LogP contribution in [0.15, 0.2) is 60.7 Å². The van der Waals surface area contributed by atoms with Crippen LogP contribution in [0.2, 0.25) is 0 Å². The van der Waals surface area contributed by atoms with E-state index in [1.807, 2.05) is 60.7 Å². The van der Waals surface area contributed by atoms with Gasteiger partial charge in [0.2, 0.25) is 17.7 Å². The second kappa shape index (κ2) is 9.69. The molecule has 6 heteroatoms. The summed E-state index contributed by atoms with van der Waals surface area (Å²) in [4.78, 5) is 36.6. The standard InChI is InChI=1S/C22H25N3O3/c26-20(23-14-13-16-7-3-1-4-8-16)12-11-18-21(27)25-19(22(28)24-18)15-17-9-5-2-6-10-17/h1-10,18-19H,11-15H2,(H,23,26)(H,24,28)(H,25,27)/t18-,19-/m1/s1. The highest BCUT2D eigenvalue weighted by Gasteiger charge is 2.33. The van der Waals surface area contributed by atoms with Crippen LogP contribution in [0.4, 0.5) is 0 Å². The highest BCUT2D eigenvalue weighted by molar-refractivity contribution is 5.97. The van der Waals surface area contributed by atoms with E-state index in [2.05, 4.69) is 16.0 Å². The second-order valence-corrected chi connectivity index (χ2v) is 6.94. The topological polar surface area (TPSA) is 87.3 Å². The average Bonchev–Trinajstić information content (AvgIpc) is 2.71. The Labute approximate surface area is 164 Å². The lowest BCUT2D eigenvalue weighted by molar-refractivity contribution is -0.137. The first-order valence-electron chi connectivity index (χ1n) is 9.57. The zero-order chi connectivity index (χ0) is 19.8. The van der Waals surface area contributed by atoms with Gasteiger partial charge in [0.05, 0.1) is 0 Å². The Morgan fingerprint density at radius 2 is 1.39 bits per heavy atom. The number of carbonyl (C=O) groups is 3. The van der Waals surface area contributed by atoms with E-state index in [1.165, 1.54) is 0 Å². The second-order valence-electron chi connectivity index (χ2n) is 6.94. The zero-order valence-electron chi connectivity index (χ0n) is 15.7. The predicted molar refractivity (Wildman–Crippen MR) is 106 cm³/mol. The minimum absolute atomic E-state index is 0.121. The third-order valence-electron chi connectivity index (χ3n) is 4.79. The van der Waals surface area contributed by atoms with E-state index in [0.717, 1.165) is 17.5 Å². The van der Waals surface area contributed by atoms with Gasteiger partial charge in [-0.15, -0.1) is 0 Å². The number of hydrogen-bond donors (Lipinski definition) is 3. The molecule has 0 aromatic heterocycles. The summed E-state index contributed by atoms with van der Waals surface area (Å²) in [5.41, 5.74) is 2.14. The highest BCUT2D eigenvalue weighted by atomic mass is 16.2. The van der Waals surface area contributed by atoms with Crippen LogP contribution in [0.1, 0.15) is 24.0 Å². The lowest BCUT2D eigenvalue weighted by Crippen LogP contribution is -2.62. The Morgan fingerprint density at radius 1 is 0.821 bits per heavy atom. The van der Waals surface area contributed by atoms with Crippen molar-refractivity contribution in [3.63, 3.8) is 0 Å². The molecular weight excluding hydrogens is 354 g/mol. The van der Waals surface area contributed by atoms with Crippen LogP contribution in [0, 0.1) is 0 Å². The molecule has 146 valence electrons. The molecule has 1 aliphatic rings. The largest absolute Gasteiger partial charge is 0.356 e. The minimum atomic E-state index is -0.667. The molecule has 6 nitrogen and oxygen atoms in total. The van der Waals surface area contributed by atoms with E-state index < -0.39 is 12.1 Å². The predicted octanol–water partition coefficient (Wildman–Crippen LogP) is 1.35. The van der Waals surface area contributed by atoms with Gasteiger partial charge < -0.3 is 16.0 Å². The van der Waals surface area contributed by atoms with E-state index in [9.17, 15) is 14.4 Å². The van der Waals surface area contributed by atoms with Crippen LogP contribution >= 0.6 is 0 Å². The zero-order valence-corrected chi connectivity index (χ0v) is 15.7. The van der Waals surface area contributed by atoms with Gasteiger partial charge in [-0.1, -0.05) is 60.7 Å². The van der Waals surface area contributed by atoms with E-state index in [0.29, 0.717) is 13.0 Å². The fourth-order valence-corrected chi connectivity index (χ4v) is 3.23.